The molecule has 134 valence electrons. The van der Waals surface area contributed by atoms with Crippen molar-refractivity contribution < 1.29 is 42.9 Å². The molecule has 1 aliphatic rings. The fourth-order valence-electron chi connectivity index (χ4n) is 2.07. The standard InChI is InChI=1S/C15H20O9/c1-5-20-12(19)7-6-11-13(21-8(2)16)14(22-9(3)17)15(24-11)23-10(4)18/h6-7,11,13-15H,5H2,1-4H3/b7-6+/t11-,13-,14-,15-/m1/s1. The van der Waals surface area contributed by atoms with Gasteiger partial charge in [-0.2, -0.15) is 0 Å². The van der Waals surface area contributed by atoms with Crippen molar-refractivity contribution in [3.05, 3.63) is 12.2 Å². The molecule has 0 aromatic carbocycles. The molecule has 0 unspecified atom stereocenters. The lowest BCUT2D eigenvalue weighted by atomic mass is 10.1. The van der Waals surface area contributed by atoms with E-state index in [9.17, 15) is 19.2 Å². The van der Waals surface area contributed by atoms with Crippen LogP contribution in [0.3, 0.4) is 0 Å². The maximum atomic E-state index is 11.4. The van der Waals surface area contributed by atoms with Crippen molar-refractivity contribution in [2.45, 2.75) is 52.3 Å². The van der Waals surface area contributed by atoms with Crippen LogP contribution in [0.25, 0.3) is 0 Å². The molecule has 1 fully saturated rings. The number of rotatable bonds is 6. The monoisotopic (exact) mass is 344 g/mol. The average Bonchev–Trinajstić information content (AvgIpc) is 2.73. The van der Waals surface area contributed by atoms with Gasteiger partial charge >= 0.3 is 23.9 Å². The van der Waals surface area contributed by atoms with Crippen LogP contribution in [0.4, 0.5) is 0 Å². The minimum Gasteiger partial charge on any atom is -0.463 e. The lowest BCUT2D eigenvalue weighted by Crippen LogP contribution is -2.40. The quantitative estimate of drug-likeness (QED) is 0.380. The Morgan fingerprint density at radius 2 is 1.46 bits per heavy atom. The van der Waals surface area contributed by atoms with Gasteiger partial charge in [-0.15, -0.1) is 0 Å². The highest BCUT2D eigenvalue weighted by atomic mass is 16.7. The smallest absolute Gasteiger partial charge is 0.330 e. The van der Waals surface area contributed by atoms with Crippen molar-refractivity contribution in [2.75, 3.05) is 6.61 Å². The molecule has 9 heteroatoms. The Kier molecular flexibility index (Phi) is 7.37. The first-order valence-electron chi connectivity index (χ1n) is 7.26. The fourth-order valence-corrected chi connectivity index (χ4v) is 2.07. The van der Waals surface area contributed by atoms with Crippen LogP contribution in [-0.2, 0) is 42.9 Å². The molecule has 0 amide bonds. The Balaban J connectivity index is 3.01. The van der Waals surface area contributed by atoms with Gasteiger partial charge in [0, 0.05) is 26.8 Å². The van der Waals surface area contributed by atoms with Gasteiger partial charge in [-0.3, -0.25) is 14.4 Å². The number of ether oxygens (including phenoxy) is 5. The van der Waals surface area contributed by atoms with E-state index in [1.807, 2.05) is 0 Å². The van der Waals surface area contributed by atoms with Crippen LogP contribution in [0.15, 0.2) is 12.2 Å². The first-order valence-corrected chi connectivity index (χ1v) is 7.26. The van der Waals surface area contributed by atoms with Gasteiger partial charge in [0.1, 0.15) is 6.10 Å². The Labute approximate surface area is 138 Å². The minimum atomic E-state index is -1.27. The number of hydrogen-bond acceptors (Lipinski definition) is 9. The molecular weight excluding hydrogens is 324 g/mol. The Morgan fingerprint density at radius 1 is 0.917 bits per heavy atom. The Morgan fingerprint density at radius 3 is 1.96 bits per heavy atom. The molecule has 1 saturated heterocycles. The van der Waals surface area contributed by atoms with Crippen molar-refractivity contribution in [3.63, 3.8) is 0 Å². The zero-order chi connectivity index (χ0) is 18.3. The van der Waals surface area contributed by atoms with Crippen molar-refractivity contribution in [3.8, 4) is 0 Å². The maximum Gasteiger partial charge on any atom is 0.330 e. The van der Waals surface area contributed by atoms with Gasteiger partial charge in [0.05, 0.1) is 6.61 Å². The molecule has 0 saturated carbocycles. The topological polar surface area (TPSA) is 114 Å². The van der Waals surface area contributed by atoms with E-state index in [2.05, 4.69) is 0 Å². The summed E-state index contributed by atoms with van der Waals surface area (Å²) in [6, 6.07) is 0. The summed E-state index contributed by atoms with van der Waals surface area (Å²) in [5.41, 5.74) is 0. The fraction of sp³-hybridized carbons (Fsp3) is 0.600. The summed E-state index contributed by atoms with van der Waals surface area (Å²) < 4.78 is 25.3. The predicted molar refractivity (Wildman–Crippen MR) is 77.3 cm³/mol. The number of carbonyl (C=O) groups is 4. The van der Waals surface area contributed by atoms with Crippen LogP contribution in [0, 0.1) is 0 Å². The molecule has 1 rings (SSSR count). The average molecular weight is 344 g/mol. The second-order valence-electron chi connectivity index (χ2n) is 4.84. The Bertz CT molecular complexity index is 525. The van der Waals surface area contributed by atoms with E-state index in [1.54, 1.807) is 6.92 Å². The summed E-state index contributed by atoms with van der Waals surface area (Å²) >= 11 is 0. The molecular formula is C15H20O9. The second kappa shape index (κ2) is 9.02. The van der Waals surface area contributed by atoms with Crippen molar-refractivity contribution in [1.82, 2.24) is 0 Å². The molecule has 0 aliphatic carbocycles. The van der Waals surface area contributed by atoms with E-state index in [-0.39, 0.29) is 6.61 Å². The van der Waals surface area contributed by atoms with E-state index >= 15 is 0 Å². The van der Waals surface area contributed by atoms with Gasteiger partial charge in [0.15, 0.2) is 6.10 Å². The van der Waals surface area contributed by atoms with E-state index < -0.39 is 48.5 Å². The maximum absolute atomic E-state index is 11.4. The zero-order valence-corrected chi connectivity index (χ0v) is 13.8. The second-order valence-corrected chi connectivity index (χ2v) is 4.84. The predicted octanol–water partition coefficient (Wildman–Crippen LogP) is 0.257. The SMILES string of the molecule is CCOC(=O)/C=C/[C@H]1O[C@@H](OC(C)=O)[C@H](OC(C)=O)[C@@H]1OC(C)=O. The summed E-state index contributed by atoms with van der Waals surface area (Å²) in [4.78, 5) is 45.2. The van der Waals surface area contributed by atoms with Crippen molar-refractivity contribution >= 4 is 23.9 Å². The molecule has 9 nitrogen and oxygen atoms in total. The van der Waals surface area contributed by atoms with Gasteiger partial charge < -0.3 is 23.7 Å². The molecule has 0 N–H and O–H groups in total. The molecule has 0 radical (unpaired) electrons. The van der Waals surface area contributed by atoms with E-state index in [1.165, 1.54) is 6.08 Å². The molecule has 0 aromatic rings. The van der Waals surface area contributed by atoms with E-state index in [0.717, 1.165) is 26.8 Å². The van der Waals surface area contributed by atoms with Crippen LogP contribution in [0.1, 0.15) is 27.7 Å². The van der Waals surface area contributed by atoms with Crippen molar-refractivity contribution in [2.24, 2.45) is 0 Å². The third-order valence-electron chi connectivity index (χ3n) is 2.80. The highest BCUT2D eigenvalue weighted by Crippen LogP contribution is 2.29. The highest BCUT2D eigenvalue weighted by molar-refractivity contribution is 5.82. The number of esters is 4. The first kappa shape index (κ1) is 19.6. The summed E-state index contributed by atoms with van der Waals surface area (Å²) in [6.07, 6.45) is -2.11. The first-order chi connectivity index (χ1) is 11.2. The van der Waals surface area contributed by atoms with Gasteiger partial charge in [0.25, 0.3) is 0 Å². The summed E-state index contributed by atoms with van der Waals surface area (Å²) in [5.74, 6) is -2.62. The lowest BCUT2D eigenvalue weighted by Gasteiger charge is -2.22. The third-order valence-corrected chi connectivity index (χ3v) is 2.80. The normalized spacial score (nSPS) is 26.0. The summed E-state index contributed by atoms with van der Waals surface area (Å²) in [5, 5.41) is 0. The van der Waals surface area contributed by atoms with Crippen LogP contribution in [-0.4, -0.2) is 55.1 Å². The summed E-state index contributed by atoms with van der Waals surface area (Å²) in [7, 11) is 0. The minimum absolute atomic E-state index is 0.189. The van der Waals surface area contributed by atoms with Crippen LogP contribution >= 0.6 is 0 Å². The van der Waals surface area contributed by atoms with Gasteiger partial charge in [-0.1, -0.05) is 0 Å². The van der Waals surface area contributed by atoms with Gasteiger partial charge in [0.2, 0.25) is 12.4 Å². The lowest BCUT2D eigenvalue weighted by molar-refractivity contribution is -0.194. The van der Waals surface area contributed by atoms with Crippen LogP contribution < -0.4 is 0 Å². The van der Waals surface area contributed by atoms with Gasteiger partial charge in [-0.05, 0) is 13.0 Å². The van der Waals surface area contributed by atoms with Crippen molar-refractivity contribution in [1.29, 1.82) is 0 Å². The highest BCUT2D eigenvalue weighted by Gasteiger charge is 2.50. The molecule has 1 aliphatic heterocycles. The number of carbonyl (C=O) groups excluding carboxylic acids is 4. The third kappa shape index (κ3) is 5.99. The molecule has 0 aromatic heterocycles. The molecule has 24 heavy (non-hydrogen) atoms. The summed E-state index contributed by atoms with van der Waals surface area (Å²) in [6.45, 7) is 5.30. The molecule has 0 spiro atoms. The Hall–Kier alpha value is -2.42. The van der Waals surface area contributed by atoms with E-state index in [4.69, 9.17) is 23.7 Å². The largest absolute Gasteiger partial charge is 0.463 e. The molecule has 4 atom stereocenters. The van der Waals surface area contributed by atoms with Crippen LogP contribution in [0.2, 0.25) is 0 Å². The zero-order valence-electron chi connectivity index (χ0n) is 13.8. The van der Waals surface area contributed by atoms with Crippen LogP contribution in [0.5, 0.6) is 0 Å². The molecule has 0 bridgehead atoms. The molecule has 1 heterocycles. The van der Waals surface area contributed by atoms with Gasteiger partial charge in [-0.25, -0.2) is 4.79 Å². The van der Waals surface area contributed by atoms with E-state index in [0.29, 0.717) is 0 Å². The number of hydrogen-bond donors (Lipinski definition) is 0.